The molecule has 0 amide bonds. The average molecular weight is 354 g/mol. The lowest BCUT2D eigenvalue weighted by atomic mass is 9.38. The number of aliphatic hydroxyl groups is 3. The van der Waals surface area contributed by atoms with Crippen LogP contribution in [0.5, 0.6) is 0 Å². The van der Waals surface area contributed by atoms with Crippen LogP contribution in [0.3, 0.4) is 0 Å². The number of fused-ring (bicyclic) bond motifs is 2. The molecule has 5 heteroatoms. The topological polar surface area (TPSA) is 98.0 Å². The Morgan fingerprint density at radius 3 is 2.44 bits per heavy atom. The van der Waals surface area contributed by atoms with Crippen LogP contribution in [0.2, 0.25) is 0 Å². The zero-order chi connectivity index (χ0) is 18.7. The largest absolute Gasteiger partial charge is 0.481 e. The van der Waals surface area contributed by atoms with Gasteiger partial charge in [-0.1, -0.05) is 6.92 Å². The molecule has 0 aromatic heterocycles. The van der Waals surface area contributed by atoms with E-state index in [1.54, 1.807) is 0 Å². The van der Waals surface area contributed by atoms with Crippen LogP contribution in [0, 0.1) is 28.6 Å². The minimum absolute atomic E-state index is 0.0266. The number of hydrogen-bond donors (Lipinski definition) is 4. The molecule has 6 atom stereocenters. The maximum atomic E-state index is 11.3. The summed E-state index contributed by atoms with van der Waals surface area (Å²) in [6.45, 7) is 5.68. The molecule has 4 saturated carbocycles. The van der Waals surface area contributed by atoms with Gasteiger partial charge < -0.3 is 20.4 Å². The van der Waals surface area contributed by atoms with Crippen LogP contribution in [0.1, 0.15) is 72.1 Å². The van der Waals surface area contributed by atoms with E-state index in [2.05, 4.69) is 6.92 Å². The fourth-order valence-corrected chi connectivity index (χ4v) is 7.17. The summed E-state index contributed by atoms with van der Waals surface area (Å²) in [6.07, 6.45) is 5.92. The van der Waals surface area contributed by atoms with Crippen molar-refractivity contribution < 1.29 is 25.2 Å². The quantitative estimate of drug-likeness (QED) is 0.608. The first-order valence-electron chi connectivity index (χ1n) is 9.74. The Labute approximate surface area is 150 Å². The van der Waals surface area contributed by atoms with Gasteiger partial charge in [0.25, 0.3) is 0 Å². The highest BCUT2D eigenvalue weighted by Crippen LogP contribution is 2.70. The van der Waals surface area contributed by atoms with Crippen LogP contribution in [-0.2, 0) is 4.79 Å². The van der Waals surface area contributed by atoms with Crippen LogP contribution in [0.4, 0.5) is 0 Å². The standard InChI is InChI=1S/C20H34O5/c1-17(2,24)14-5-9-19-8-4-13(20(25,11-19)12-21)10-15(19)18(14,3)7-6-16(22)23/h13-15,21,24-25H,4-12H2,1-3H3,(H,22,23)/t13-,14+,15-,18+,19+,20+/m0/s1. The predicted octanol–water partition coefficient (Wildman–Crippen LogP) is 2.57. The highest BCUT2D eigenvalue weighted by Gasteiger charge is 2.65. The fourth-order valence-electron chi connectivity index (χ4n) is 7.17. The maximum Gasteiger partial charge on any atom is 0.303 e. The van der Waals surface area contributed by atoms with E-state index in [1.807, 2.05) is 13.8 Å². The lowest BCUT2D eigenvalue weighted by Gasteiger charge is -2.68. The maximum absolute atomic E-state index is 11.3. The van der Waals surface area contributed by atoms with Crippen molar-refractivity contribution in [3.05, 3.63) is 0 Å². The first-order chi connectivity index (χ1) is 11.5. The Balaban J connectivity index is 1.98. The first-order valence-corrected chi connectivity index (χ1v) is 9.74. The minimum Gasteiger partial charge on any atom is -0.481 e. The van der Waals surface area contributed by atoms with Crippen molar-refractivity contribution in [3.8, 4) is 0 Å². The Morgan fingerprint density at radius 1 is 1.24 bits per heavy atom. The van der Waals surface area contributed by atoms with Gasteiger partial charge in [0.05, 0.1) is 17.8 Å². The Bertz CT molecular complexity index is 541. The highest BCUT2D eigenvalue weighted by molar-refractivity contribution is 5.66. The SMILES string of the molecule is CC(C)(O)[C@H]1CC[C@@]23CC[C@@H](C[C@H]2[C@]1(C)CCC(=O)O)[C@](O)(CO)C3. The third-order valence-electron chi connectivity index (χ3n) is 8.20. The second kappa shape index (κ2) is 5.93. The Hall–Kier alpha value is -0.650. The van der Waals surface area contributed by atoms with E-state index in [9.17, 15) is 25.2 Å². The number of carboxylic acids is 1. The van der Waals surface area contributed by atoms with Crippen molar-refractivity contribution in [2.24, 2.45) is 28.6 Å². The van der Waals surface area contributed by atoms with Crippen LogP contribution in [-0.4, -0.2) is 44.2 Å². The fraction of sp³-hybridized carbons (Fsp3) is 0.950. The molecule has 5 nitrogen and oxygen atoms in total. The van der Waals surface area contributed by atoms with Crippen LogP contribution in [0.15, 0.2) is 0 Å². The molecule has 4 rings (SSSR count). The molecule has 4 aliphatic carbocycles. The Kier molecular flexibility index (Phi) is 4.54. The molecule has 0 radical (unpaired) electrons. The van der Waals surface area contributed by atoms with E-state index < -0.39 is 17.2 Å². The molecule has 25 heavy (non-hydrogen) atoms. The Morgan fingerprint density at radius 2 is 1.88 bits per heavy atom. The molecule has 0 saturated heterocycles. The first kappa shape index (κ1) is 19.1. The van der Waals surface area contributed by atoms with Gasteiger partial charge in [-0.05, 0) is 87.4 Å². The minimum atomic E-state index is -0.982. The van der Waals surface area contributed by atoms with Crippen molar-refractivity contribution in [2.45, 2.75) is 83.3 Å². The van der Waals surface area contributed by atoms with Crippen molar-refractivity contribution >= 4 is 5.97 Å². The molecule has 4 fully saturated rings. The summed E-state index contributed by atoms with van der Waals surface area (Å²) in [5.41, 5.74) is -2.12. The van der Waals surface area contributed by atoms with E-state index in [0.29, 0.717) is 18.8 Å². The van der Waals surface area contributed by atoms with E-state index in [0.717, 1.165) is 32.1 Å². The second-order valence-electron chi connectivity index (χ2n) is 9.97. The summed E-state index contributed by atoms with van der Waals surface area (Å²) in [4.78, 5) is 11.3. The number of carbonyl (C=O) groups is 1. The van der Waals surface area contributed by atoms with Gasteiger partial charge in [-0.3, -0.25) is 4.79 Å². The molecule has 0 heterocycles. The predicted molar refractivity (Wildman–Crippen MR) is 93.9 cm³/mol. The van der Waals surface area contributed by atoms with Crippen molar-refractivity contribution in [3.63, 3.8) is 0 Å². The number of carboxylic acid groups (broad SMARTS) is 1. The van der Waals surface area contributed by atoms with Gasteiger partial charge in [-0.15, -0.1) is 0 Å². The van der Waals surface area contributed by atoms with Gasteiger partial charge in [-0.2, -0.15) is 0 Å². The summed E-state index contributed by atoms with van der Waals surface area (Å²) in [5, 5.41) is 40.8. The summed E-state index contributed by atoms with van der Waals surface area (Å²) in [7, 11) is 0. The third-order valence-corrected chi connectivity index (χ3v) is 8.20. The summed E-state index contributed by atoms with van der Waals surface area (Å²) < 4.78 is 0. The molecule has 0 unspecified atom stereocenters. The molecule has 144 valence electrons. The molecule has 0 aromatic carbocycles. The molecule has 1 spiro atoms. The van der Waals surface area contributed by atoms with Crippen LogP contribution >= 0.6 is 0 Å². The second-order valence-corrected chi connectivity index (χ2v) is 9.97. The highest BCUT2D eigenvalue weighted by atomic mass is 16.4. The van der Waals surface area contributed by atoms with Gasteiger partial charge in [0.1, 0.15) is 0 Å². The normalized spacial score (nSPS) is 46.7. The smallest absolute Gasteiger partial charge is 0.303 e. The summed E-state index contributed by atoms with van der Waals surface area (Å²) in [6, 6.07) is 0. The van der Waals surface area contributed by atoms with Crippen molar-refractivity contribution in [1.29, 1.82) is 0 Å². The van der Waals surface area contributed by atoms with Crippen molar-refractivity contribution in [1.82, 2.24) is 0 Å². The van der Waals surface area contributed by atoms with Crippen LogP contribution in [0.25, 0.3) is 0 Å². The molecule has 4 N–H and O–H groups in total. The molecule has 0 aliphatic heterocycles. The average Bonchev–Trinajstić information content (AvgIpc) is 2.51. The molecule has 4 aliphatic rings. The van der Waals surface area contributed by atoms with Gasteiger partial charge >= 0.3 is 5.97 Å². The number of aliphatic carboxylic acids is 1. The summed E-state index contributed by atoms with van der Waals surface area (Å²) in [5.74, 6) is -0.357. The van der Waals surface area contributed by atoms with E-state index in [1.165, 1.54) is 0 Å². The third kappa shape index (κ3) is 2.92. The molecular formula is C20H34O5. The number of rotatable bonds is 5. The van der Waals surface area contributed by atoms with Gasteiger partial charge in [0.15, 0.2) is 0 Å². The molecular weight excluding hydrogens is 320 g/mol. The molecule has 0 aromatic rings. The monoisotopic (exact) mass is 354 g/mol. The van der Waals surface area contributed by atoms with Gasteiger partial charge in [-0.25, -0.2) is 0 Å². The molecule has 2 bridgehead atoms. The lowest BCUT2D eigenvalue weighted by molar-refractivity contribution is -0.242. The van der Waals surface area contributed by atoms with E-state index in [4.69, 9.17) is 0 Å². The van der Waals surface area contributed by atoms with Crippen molar-refractivity contribution in [2.75, 3.05) is 6.61 Å². The zero-order valence-electron chi connectivity index (χ0n) is 15.8. The van der Waals surface area contributed by atoms with Crippen LogP contribution < -0.4 is 0 Å². The number of hydrogen-bond acceptors (Lipinski definition) is 4. The van der Waals surface area contributed by atoms with E-state index in [-0.39, 0.29) is 35.7 Å². The van der Waals surface area contributed by atoms with Gasteiger partial charge in [0.2, 0.25) is 0 Å². The van der Waals surface area contributed by atoms with Gasteiger partial charge in [0, 0.05) is 6.42 Å². The van der Waals surface area contributed by atoms with E-state index >= 15 is 0 Å². The summed E-state index contributed by atoms with van der Waals surface area (Å²) >= 11 is 0. The zero-order valence-corrected chi connectivity index (χ0v) is 15.8. The number of aliphatic hydroxyl groups excluding tert-OH is 1. The lowest BCUT2D eigenvalue weighted by Crippen LogP contribution is -2.65.